The van der Waals surface area contributed by atoms with E-state index in [1.807, 2.05) is 0 Å². The van der Waals surface area contributed by atoms with E-state index < -0.39 is 0 Å². The molecule has 0 aromatic heterocycles. The Labute approximate surface area is 112 Å². The molecule has 0 spiro atoms. The highest BCUT2D eigenvalue weighted by atomic mass is 16.7. The third kappa shape index (κ3) is 2.77. The lowest BCUT2D eigenvalue weighted by Crippen LogP contribution is -2.11. The van der Waals surface area contributed by atoms with Crippen LogP contribution in [0.3, 0.4) is 0 Å². The number of benzene rings is 1. The average Bonchev–Trinajstić information content (AvgIpc) is 3.08. The highest BCUT2D eigenvalue weighted by Crippen LogP contribution is 2.38. The van der Waals surface area contributed by atoms with Crippen LogP contribution in [0.25, 0.3) is 0 Å². The number of fused-ring (bicyclic) bond motifs is 1. The fourth-order valence-electron chi connectivity index (χ4n) is 2.40. The Balaban J connectivity index is 1.62. The Morgan fingerprint density at radius 2 is 2.11 bits per heavy atom. The van der Waals surface area contributed by atoms with Gasteiger partial charge in [-0.3, -0.25) is 0 Å². The van der Waals surface area contributed by atoms with E-state index in [9.17, 15) is 5.11 Å². The zero-order chi connectivity index (χ0) is 13.1. The molecular formula is C14H18O5. The third-order valence-electron chi connectivity index (χ3n) is 3.45. The van der Waals surface area contributed by atoms with Crippen molar-refractivity contribution in [2.24, 2.45) is 0 Å². The van der Waals surface area contributed by atoms with E-state index >= 15 is 0 Å². The molecule has 2 heterocycles. The number of aliphatic hydroxyl groups is 1. The first-order valence-corrected chi connectivity index (χ1v) is 6.64. The minimum absolute atomic E-state index is 0.0775. The summed E-state index contributed by atoms with van der Waals surface area (Å²) in [6.07, 6.45) is 3.43. The predicted octanol–water partition coefficient (Wildman–Crippen LogP) is 1.86. The zero-order valence-electron chi connectivity index (χ0n) is 10.8. The summed E-state index contributed by atoms with van der Waals surface area (Å²) in [4.78, 5) is 0. The minimum Gasteiger partial charge on any atom is -0.493 e. The van der Waals surface area contributed by atoms with Gasteiger partial charge in [0.05, 0.1) is 19.3 Å². The fourth-order valence-corrected chi connectivity index (χ4v) is 2.40. The Kier molecular flexibility index (Phi) is 3.75. The van der Waals surface area contributed by atoms with Crippen molar-refractivity contribution in [1.82, 2.24) is 0 Å². The second kappa shape index (κ2) is 5.67. The van der Waals surface area contributed by atoms with Crippen molar-refractivity contribution in [3.8, 4) is 17.2 Å². The maximum absolute atomic E-state index is 9.36. The van der Waals surface area contributed by atoms with Gasteiger partial charge in [-0.1, -0.05) is 0 Å². The van der Waals surface area contributed by atoms with Crippen LogP contribution in [0.15, 0.2) is 12.1 Å². The van der Waals surface area contributed by atoms with Gasteiger partial charge >= 0.3 is 0 Å². The number of hydrogen-bond acceptors (Lipinski definition) is 5. The van der Waals surface area contributed by atoms with E-state index in [1.54, 1.807) is 12.1 Å². The summed E-state index contributed by atoms with van der Waals surface area (Å²) in [5.74, 6) is 1.99. The van der Waals surface area contributed by atoms with E-state index in [0.717, 1.165) is 31.4 Å². The standard InChI is InChI=1S/C14H18O5/c15-8-10-6-13-14(19-9-18-13)7-12(10)17-5-3-11-2-1-4-16-11/h6-7,11,15H,1-5,8-9H2. The molecule has 1 atom stereocenters. The molecule has 0 aliphatic carbocycles. The van der Waals surface area contributed by atoms with Gasteiger partial charge in [0.2, 0.25) is 6.79 Å². The Morgan fingerprint density at radius 1 is 1.26 bits per heavy atom. The van der Waals surface area contributed by atoms with Crippen LogP contribution in [-0.4, -0.2) is 31.2 Å². The summed E-state index contributed by atoms with van der Waals surface area (Å²) in [6.45, 7) is 1.58. The smallest absolute Gasteiger partial charge is 0.231 e. The number of ether oxygens (including phenoxy) is 4. The molecule has 1 N–H and O–H groups in total. The number of hydrogen-bond donors (Lipinski definition) is 1. The summed E-state index contributed by atoms with van der Waals surface area (Å²) in [5.41, 5.74) is 0.719. The molecule has 5 heteroatoms. The lowest BCUT2D eigenvalue weighted by atomic mass is 10.1. The van der Waals surface area contributed by atoms with Gasteiger partial charge < -0.3 is 24.1 Å². The number of aliphatic hydroxyl groups excluding tert-OH is 1. The average molecular weight is 266 g/mol. The van der Waals surface area contributed by atoms with E-state index in [2.05, 4.69) is 0 Å². The summed E-state index contributed by atoms with van der Waals surface area (Å²) in [5, 5.41) is 9.36. The van der Waals surface area contributed by atoms with Gasteiger partial charge in [-0.15, -0.1) is 0 Å². The molecule has 2 aliphatic rings. The normalized spacial score (nSPS) is 20.8. The van der Waals surface area contributed by atoms with Crippen molar-refractivity contribution in [2.75, 3.05) is 20.0 Å². The molecule has 19 heavy (non-hydrogen) atoms. The van der Waals surface area contributed by atoms with Crippen LogP contribution in [0.5, 0.6) is 17.2 Å². The zero-order valence-corrected chi connectivity index (χ0v) is 10.8. The summed E-state index contributed by atoms with van der Waals surface area (Å²) in [7, 11) is 0. The van der Waals surface area contributed by atoms with Crippen LogP contribution in [0.2, 0.25) is 0 Å². The maximum atomic E-state index is 9.36. The van der Waals surface area contributed by atoms with Gasteiger partial charge in [0, 0.05) is 24.7 Å². The Morgan fingerprint density at radius 3 is 2.84 bits per heavy atom. The summed E-state index contributed by atoms with van der Waals surface area (Å²) in [6, 6.07) is 3.55. The van der Waals surface area contributed by atoms with E-state index in [1.165, 1.54) is 0 Å². The maximum Gasteiger partial charge on any atom is 0.231 e. The van der Waals surface area contributed by atoms with Crippen LogP contribution < -0.4 is 14.2 Å². The monoisotopic (exact) mass is 266 g/mol. The van der Waals surface area contributed by atoms with Gasteiger partial charge in [-0.2, -0.15) is 0 Å². The van der Waals surface area contributed by atoms with Crippen LogP contribution in [0.4, 0.5) is 0 Å². The first-order chi connectivity index (χ1) is 9.36. The topological polar surface area (TPSA) is 57.2 Å². The molecule has 0 bridgehead atoms. The second-order valence-electron chi connectivity index (χ2n) is 4.74. The van der Waals surface area contributed by atoms with Crippen molar-refractivity contribution in [1.29, 1.82) is 0 Å². The van der Waals surface area contributed by atoms with E-state index in [0.29, 0.717) is 30.0 Å². The first-order valence-electron chi connectivity index (χ1n) is 6.64. The highest BCUT2D eigenvalue weighted by Gasteiger charge is 2.19. The van der Waals surface area contributed by atoms with Gasteiger partial charge in [0.1, 0.15) is 5.75 Å². The van der Waals surface area contributed by atoms with Crippen molar-refractivity contribution >= 4 is 0 Å². The minimum atomic E-state index is -0.0775. The van der Waals surface area contributed by atoms with Crippen molar-refractivity contribution in [3.05, 3.63) is 17.7 Å². The highest BCUT2D eigenvalue weighted by molar-refractivity contribution is 5.51. The van der Waals surface area contributed by atoms with Crippen LogP contribution >= 0.6 is 0 Å². The molecule has 0 radical (unpaired) electrons. The second-order valence-corrected chi connectivity index (χ2v) is 4.74. The molecule has 1 aromatic rings. The van der Waals surface area contributed by atoms with E-state index in [-0.39, 0.29) is 13.4 Å². The molecule has 104 valence electrons. The quantitative estimate of drug-likeness (QED) is 0.881. The molecule has 0 amide bonds. The fraction of sp³-hybridized carbons (Fsp3) is 0.571. The van der Waals surface area contributed by atoms with Gasteiger partial charge in [0.25, 0.3) is 0 Å². The lowest BCUT2D eigenvalue weighted by Gasteiger charge is -2.13. The lowest BCUT2D eigenvalue weighted by molar-refractivity contribution is 0.0899. The Bertz CT molecular complexity index is 440. The van der Waals surface area contributed by atoms with Crippen molar-refractivity contribution in [3.63, 3.8) is 0 Å². The predicted molar refractivity (Wildman–Crippen MR) is 67.6 cm³/mol. The SMILES string of the molecule is OCc1cc2c(cc1OCCC1CCCO1)OCO2. The summed E-state index contributed by atoms with van der Waals surface area (Å²) >= 11 is 0. The molecule has 1 aromatic carbocycles. The molecular weight excluding hydrogens is 248 g/mol. The number of rotatable bonds is 5. The molecule has 5 nitrogen and oxygen atoms in total. The van der Waals surface area contributed by atoms with Gasteiger partial charge in [-0.25, -0.2) is 0 Å². The van der Waals surface area contributed by atoms with E-state index in [4.69, 9.17) is 18.9 Å². The van der Waals surface area contributed by atoms with Crippen LogP contribution in [-0.2, 0) is 11.3 Å². The first kappa shape index (κ1) is 12.6. The molecule has 2 aliphatic heterocycles. The Hall–Kier alpha value is -1.46. The van der Waals surface area contributed by atoms with Gasteiger partial charge in [0.15, 0.2) is 11.5 Å². The van der Waals surface area contributed by atoms with Crippen LogP contribution in [0.1, 0.15) is 24.8 Å². The summed E-state index contributed by atoms with van der Waals surface area (Å²) < 4.78 is 21.9. The molecule has 1 fully saturated rings. The van der Waals surface area contributed by atoms with Crippen LogP contribution in [0, 0.1) is 0 Å². The van der Waals surface area contributed by atoms with Crippen molar-refractivity contribution in [2.45, 2.75) is 32.0 Å². The van der Waals surface area contributed by atoms with Gasteiger partial charge in [-0.05, 0) is 18.9 Å². The molecule has 1 unspecified atom stereocenters. The third-order valence-corrected chi connectivity index (χ3v) is 3.45. The largest absolute Gasteiger partial charge is 0.493 e. The molecule has 0 saturated carbocycles. The van der Waals surface area contributed by atoms with Crippen molar-refractivity contribution < 1.29 is 24.1 Å². The molecule has 1 saturated heterocycles. The molecule has 3 rings (SSSR count).